The maximum Gasteiger partial charge on any atom is 0.306 e. The van der Waals surface area contributed by atoms with Crippen LogP contribution in [0.1, 0.15) is 219 Å². The van der Waals surface area contributed by atoms with Crippen molar-refractivity contribution in [2.75, 3.05) is 13.2 Å². The highest BCUT2D eigenvalue weighted by molar-refractivity contribution is 5.70. The first-order valence-electron chi connectivity index (χ1n) is 28.7. The molecule has 0 amide bonds. The van der Waals surface area contributed by atoms with Crippen LogP contribution in [-0.2, 0) is 19.1 Å². The van der Waals surface area contributed by atoms with E-state index in [1.807, 2.05) is 0 Å². The second-order valence-corrected chi connectivity index (χ2v) is 18.2. The number of unbranched alkanes of at least 4 members (excludes halogenated alkanes) is 14. The molecule has 0 aromatic rings. The third kappa shape index (κ3) is 57.8. The molecular formula is C67H104O5. The van der Waals surface area contributed by atoms with Crippen LogP contribution in [0.25, 0.3) is 0 Å². The van der Waals surface area contributed by atoms with Crippen molar-refractivity contribution in [1.29, 1.82) is 0 Å². The molecule has 0 bridgehead atoms. The Bertz CT molecular complexity index is 1640. The highest BCUT2D eigenvalue weighted by Gasteiger charge is 2.16. The highest BCUT2D eigenvalue weighted by atomic mass is 16.6. The molecule has 5 nitrogen and oxygen atoms in total. The molecule has 1 N–H and O–H groups in total. The molecule has 1 atom stereocenters. The standard InChI is InChI=1S/C67H104O5/c1-3-5-7-9-11-13-15-17-19-21-23-25-27-29-30-31-32-33-34-35-36-38-40-42-44-46-48-50-52-54-56-58-60-62-67(70)72-65(63-68)64-71-66(69)61-59-57-55-53-51-49-47-45-43-41-39-37-28-26-24-22-20-18-16-14-12-10-8-6-4-2/h5-8,11-14,17-20,23-26,29-30,32-33,35-36,40,42,46,48,52,54,65,68H,3-4,9-10,15-16,21-22,27-28,31,34,37-39,41,43-45,47,49-51,53,55-64H2,1-2H3/b7-5-,8-6-,13-11-,14-12-,19-17-,20-18-,25-23-,26-24-,30-29-,33-32-,36-35-,42-40-,48-46-,54-52-. The molecule has 0 saturated carbocycles. The van der Waals surface area contributed by atoms with Crippen molar-refractivity contribution in [1.82, 2.24) is 0 Å². The van der Waals surface area contributed by atoms with Crippen LogP contribution >= 0.6 is 0 Å². The minimum atomic E-state index is -0.811. The van der Waals surface area contributed by atoms with Crippen LogP contribution in [0.2, 0.25) is 0 Å². The fourth-order valence-corrected chi connectivity index (χ4v) is 7.28. The number of hydrogen-bond donors (Lipinski definition) is 1. The summed E-state index contributed by atoms with van der Waals surface area (Å²) < 4.78 is 10.7. The van der Waals surface area contributed by atoms with Gasteiger partial charge in [-0.05, 0) is 128 Å². The second-order valence-electron chi connectivity index (χ2n) is 18.2. The third-order valence-corrected chi connectivity index (χ3v) is 11.5. The first kappa shape index (κ1) is 67.3. The molecular weight excluding hydrogens is 885 g/mol. The lowest BCUT2D eigenvalue weighted by atomic mass is 10.0. The van der Waals surface area contributed by atoms with Crippen LogP contribution in [-0.4, -0.2) is 36.4 Å². The lowest BCUT2D eigenvalue weighted by Gasteiger charge is -2.15. The van der Waals surface area contributed by atoms with Crippen molar-refractivity contribution in [3.05, 3.63) is 170 Å². The first-order chi connectivity index (χ1) is 35.6. The molecule has 0 aliphatic rings. The molecule has 0 fully saturated rings. The fraction of sp³-hybridized carbons (Fsp3) is 0.552. The number of allylic oxidation sites excluding steroid dienone is 28. The summed E-state index contributed by atoms with van der Waals surface area (Å²) in [5.74, 6) is -0.656. The minimum absolute atomic E-state index is 0.0960. The van der Waals surface area contributed by atoms with E-state index in [1.165, 1.54) is 64.2 Å². The van der Waals surface area contributed by atoms with Gasteiger partial charge in [-0.1, -0.05) is 248 Å². The first-order valence-corrected chi connectivity index (χ1v) is 28.7. The summed E-state index contributed by atoms with van der Waals surface area (Å²) in [6.45, 7) is 3.87. The predicted octanol–water partition coefficient (Wildman–Crippen LogP) is 19.7. The predicted molar refractivity (Wildman–Crippen MR) is 315 cm³/mol. The van der Waals surface area contributed by atoms with Gasteiger partial charge in [0.1, 0.15) is 6.61 Å². The summed E-state index contributed by atoms with van der Waals surface area (Å²) in [6, 6.07) is 0. The molecule has 0 saturated heterocycles. The van der Waals surface area contributed by atoms with Gasteiger partial charge in [-0.25, -0.2) is 0 Å². The Morgan fingerprint density at radius 1 is 0.319 bits per heavy atom. The van der Waals surface area contributed by atoms with E-state index in [-0.39, 0.29) is 31.6 Å². The van der Waals surface area contributed by atoms with E-state index in [9.17, 15) is 14.7 Å². The van der Waals surface area contributed by atoms with Crippen molar-refractivity contribution in [2.24, 2.45) is 0 Å². The number of aliphatic hydroxyl groups is 1. The smallest absolute Gasteiger partial charge is 0.306 e. The van der Waals surface area contributed by atoms with Gasteiger partial charge >= 0.3 is 11.9 Å². The van der Waals surface area contributed by atoms with Crippen LogP contribution in [0.3, 0.4) is 0 Å². The monoisotopic (exact) mass is 989 g/mol. The number of ether oxygens (including phenoxy) is 2. The Kier molecular flexibility index (Phi) is 56.6. The minimum Gasteiger partial charge on any atom is -0.462 e. The molecule has 0 aliphatic carbocycles. The second kappa shape index (κ2) is 60.6. The van der Waals surface area contributed by atoms with Crippen LogP contribution < -0.4 is 0 Å². The van der Waals surface area contributed by atoms with E-state index in [1.54, 1.807) is 0 Å². The van der Waals surface area contributed by atoms with Crippen LogP contribution in [0.5, 0.6) is 0 Å². The Labute approximate surface area is 443 Å². The molecule has 402 valence electrons. The number of rotatable bonds is 50. The van der Waals surface area contributed by atoms with Crippen LogP contribution in [0.4, 0.5) is 0 Å². The molecule has 0 aromatic heterocycles. The van der Waals surface area contributed by atoms with E-state index in [0.29, 0.717) is 12.8 Å². The van der Waals surface area contributed by atoms with Gasteiger partial charge in [0.2, 0.25) is 0 Å². The zero-order valence-corrected chi connectivity index (χ0v) is 45.9. The zero-order valence-electron chi connectivity index (χ0n) is 45.9. The Hall–Kier alpha value is -4.74. The number of esters is 2. The normalized spacial score (nSPS) is 13.5. The summed E-state index contributed by atoms with van der Waals surface area (Å²) in [7, 11) is 0. The summed E-state index contributed by atoms with van der Waals surface area (Å²) >= 11 is 0. The molecule has 0 aliphatic heterocycles. The summed E-state index contributed by atoms with van der Waals surface area (Å²) in [6.07, 6.45) is 94.6. The van der Waals surface area contributed by atoms with Gasteiger partial charge in [0.05, 0.1) is 6.61 Å². The maximum atomic E-state index is 12.3. The van der Waals surface area contributed by atoms with E-state index in [4.69, 9.17) is 9.47 Å². The van der Waals surface area contributed by atoms with Gasteiger partial charge in [0.15, 0.2) is 6.10 Å². The van der Waals surface area contributed by atoms with Gasteiger partial charge in [-0.15, -0.1) is 0 Å². The molecule has 72 heavy (non-hydrogen) atoms. The van der Waals surface area contributed by atoms with E-state index in [0.717, 1.165) is 122 Å². The van der Waals surface area contributed by atoms with Crippen LogP contribution in [0.15, 0.2) is 170 Å². The van der Waals surface area contributed by atoms with Crippen molar-refractivity contribution < 1.29 is 24.2 Å². The number of hydrogen-bond acceptors (Lipinski definition) is 5. The molecule has 0 rings (SSSR count). The molecule has 5 heteroatoms. The Balaban J connectivity index is 3.67. The molecule has 0 aromatic carbocycles. The van der Waals surface area contributed by atoms with Crippen LogP contribution in [0, 0.1) is 0 Å². The molecule has 0 radical (unpaired) electrons. The fourth-order valence-electron chi connectivity index (χ4n) is 7.28. The van der Waals surface area contributed by atoms with Crippen molar-refractivity contribution in [3.63, 3.8) is 0 Å². The van der Waals surface area contributed by atoms with Gasteiger partial charge < -0.3 is 14.6 Å². The lowest BCUT2D eigenvalue weighted by molar-refractivity contribution is -0.161. The largest absolute Gasteiger partial charge is 0.462 e. The number of carbonyl (C=O) groups excluding carboxylic acids is 2. The Morgan fingerprint density at radius 3 is 0.861 bits per heavy atom. The van der Waals surface area contributed by atoms with Gasteiger partial charge in [-0.3, -0.25) is 9.59 Å². The average molecular weight is 990 g/mol. The molecule has 0 spiro atoms. The van der Waals surface area contributed by atoms with E-state index >= 15 is 0 Å². The van der Waals surface area contributed by atoms with Crippen molar-refractivity contribution in [2.45, 2.75) is 225 Å². The van der Waals surface area contributed by atoms with E-state index in [2.05, 4.69) is 184 Å². The maximum absolute atomic E-state index is 12.3. The van der Waals surface area contributed by atoms with Gasteiger partial charge in [-0.2, -0.15) is 0 Å². The summed E-state index contributed by atoms with van der Waals surface area (Å²) in [4.78, 5) is 24.5. The topological polar surface area (TPSA) is 72.8 Å². The number of carbonyl (C=O) groups is 2. The average Bonchev–Trinajstić information content (AvgIpc) is 3.38. The SMILES string of the molecule is CC/C=C\C/C=C\C/C=C\C/C=C\C/C=C\C/C=C\C/C=C\C/C=C\C/C=C\C/C=C\CCCCC(=O)OC(CO)COC(=O)CCCCCCCCCCCCCC/C=C\C/C=C\C/C=C\C/C=C\CC. The van der Waals surface area contributed by atoms with Crippen molar-refractivity contribution in [3.8, 4) is 0 Å². The quantitative estimate of drug-likeness (QED) is 0.0373. The summed E-state index contributed by atoms with van der Waals surface area (Å²) in [5, 5.41) is 9.65. The van der Waals surface area contributed by atoms with Gasteiger partial charge in [0, 0.05) is 12.8 Å². The molecule has 0 heterocycles. The summed E-state index contributed by atoms with van der Waals surface area (Å²) in [5.41, 5.74) is 0. The van der Waals surface area contributed by atoms with E-state index < -0.39 is 6.10 Å². The Morgan fingerprint density at radius 2 is 0.556 bits per heavy atom. The van der Waals surface area contributed by atoms with Gasteiger partial charge in [0.25, 0.3) is 0 Å². The number of aliphatic hydroxyl groups excluding tert-OH is 1. The van der Waals surface area contributed by atoms with Crippen molar-refractivity contribution >= 4 is 11.9 Å². The lowest BCUT2D eigenvalue weighted by Crippen LogP contribution is -2.28. The molecule has 1 unspecified atom stereocenters. The highest BCUT2D eigenvalue weighted by Crippen LogP contribution is 2.14. The third-order valence-electron chi connectivity index (χ3n) is 11.5. The zero-order chi connectivity index (χ0) is 52.0.